The van der Waals surface area contributed by atoms with Gasteiger partial charge in [-0.15, -0.1) is 10.2 Å². The molecule has 0 saturated heterocycles. The molecule has 0 saturated carbocycles. The molecule has 1 aromatic heterocycles. The van der Waals surface area contributed by atoms with Gasteiger partial charge in [-0.3, -0.25) is 0 Å². The molecule has 0 aliphatic carbocycles. The second-order valence-electron chi connectivity index (χ2n) is 3.53. The van der Waals surface area contributed by atoms with E-state index in [9.17, 15) is 0 Å². The summed E-state index contributed by atoms with van der Waals surface area (Å²) in [4.78, 5) is 0. The standard InChI is InChI=1S/C12H14N4O2/c1-17-8-3-4-10(18-2)9(7-8)14-12-6-5-11(13)15-16-12/h3-7H,1-2H3,(H2,13,15)(H,14,16). The van der Waals surface area contributed by atoms with Crippen LogP contribution >= 0.6 is 0 Å². The summed E-state index contributed by atoms with van der Waals surface area (Å²) >= 11 is 0. The van der Waals surface area contributed by atoms with Crippen molar-refractivity contribution in [2.45, 2.75) is 0 Å². The molecule has 18 heavy (non-hydrogen) atoms. The number of methoxy groups -OCH3 is 2. The highest BCUT2D eigenvalue weighted by Crippen LogP contribution is 2.30. The van der Waals surface area contributed by atoms with E-state index in [0.717, 1.165) is 11.4 Å². The molecule has 0 bridgehead atoms. The molecule has 1 heterocycles. The lowest BCUT2D eigenvalue weighted by Crippen LogP contribution is -2.00. The predicted molar refractivity (Wildman–Crippen MR) is 69.3 cm³/mol. The molecule has 0 spiro atoms. The number of aromatic nitrogens is 2. The lowest BCUT2D eigenvalue weighted by molar-refractivity contribution is 0.405. The van der Waals surface area contributed by atoms with E-state index in [2.05, 4.69) is 15.5 Å². The Morgan fingerprint density at radius 1 is 1.06 bits per heavy atom. The summed E-state index contributed by atoms with van der Waals surface area (Å²) in [6.07, 6.45) is 0. The molecule has 0 fully saturated rings. The van der Waals surface area contributed by atoms with Gasteiger partial charge in [-0.2, -0.15) is 0 Å². The van der Waals surface area contributed by atoms with E-state index in [1.807, 2.05) is 18.2 Å². The van der Waals surface area contributed by atoms with Crippen LogP contribution in [0.2, 0.25) is 0 Å². The van der Waals surface area contributed by atoms with Gasteiger partial charge in [-0.05, 0) is 24.3 Å². The quantitative estimate of drug-likeness (QED) is 0.856. The number of nitrogens with two attached hydrogens (primary N) is 1. The highest BCUT2D eigenvalue weighted by molar-refractivity contribution is 5.66. The molecule has 0 aliphatic rings. The smallest absolute Gasteiger partial charge is 0.153 e. The van der Waals surface area contributed by atoms with Crippen LogP contribution in [0, 0.1) is 0 Å². The Kier molecular flexibility index (Phi) is 3.47. The van der Waals surface area contributed by atoms with Crippen LogP contribution in [0.15, 0.2) is 30.3 Å². The van der Waals surface area contributed by atoms with Crippen molar-refractivity contribution in [1.82, 2.24) is 10.2 Å². The zero-order valence-electron chi connectivity index (χ0n) is 10.2. The number of anilines is 3. The van der Waals surface area contributed by atoms with Gasteiger partial charge in [0.15, 0.2) is 5.82 Å². The number of benzene rings is 1. The Balaban J connectivity index is 2.29. The summed E-state index contributed by atoms with van der Waals surface area (Å²) in [7, 11) is 3.20. The van der Waals surface area contributed by atoms with E-state index in [1.54, 1.807) is 26.4 Å². The van der Waals surface area contributed by atoms with Crippen LogP contribution in [-0.4, -0.2) is 24.4 Å². The van der Waals surface area contributed by atoms with Crippen molar-refractivity contribution in [3.05, 3.63) is 30.3 Å². The molecule has 94 valence electrons. The number of nitrogens with one attached hydrogen (secondary N) is 1. The minimum absolute atomic E-state index is 0.373. The van der Waals surface area contributed by atoms with Crippen LogP contribution in [0.1, 0.15) is 0 Å². The Bertz CT molecular complexity index is 528. The number of hydrogen-bond donors (Lipinski definition) is 2. The number of ether oxygens (including phenoxy) is 2. The number of hydrogen-bond acceptors (Lipinski definition) is 6. The van der Waals surface area contributed by atoms with Crippen molar-refractivity contribution in [3.63, 3.8) is 0 Å². The topological polar surface area (TPSA) is 82.3 Å². The zero-order valence-corrected chi connectivity index (χ0v) is 10.2. The maximum atomic E-state index is 5.48. The monoisotopic (exact) mass is 246 g/mol. The first-order valence-corrected chi connectivity index (χ1v) is 5.31. The van der Waals surface area contributed by atoms with Crippen LogP contribution in [0.3, 0.4) is 0 Å². The zero-order chi connectivity index (χ0) is 13.0. The Labute approximate surface area is 105 Å². The molecule has 0 radical (unpaired) electrons. The molecule has 2 aromatic rings. The van der Waals surface area contributed by atoms with Crippen LogP contribution in [-0.2, 0) is 0 Å². The van der Waals surface area contributed by atoms with Crippen molar-refractivity contribution >= 4 is 17.3 Å². The van der Waals surface area contributed by atoms with Gasteiger partial charge in [-0.25, -0.2) is 0 Å². The maximum Gasteiger partial charge on any atom is 0.153 e. The third-order valence-corrected chi connectivity index (χ3v) is 2.35. The van der Waals surface area contributed by atoms with E-state index in [4.69, 9.17) is 15.2 Å². The van der Waals surface area contributed by atoms with E-state index in [-0.39, 0.29) is 0 Å². The van der Waals surface area contributed by atoms with Gasteiger partial charge in [0.05, 0.1) is 19.9 Å². The maximum absolute atomic E-state index is 5.48. The number of rotatable bonds is 4. The summed E-state index contributed by atoms with van der Waals surface area (Å²) in [5.41, 5.74) is 6.22. The minimum atomic E-state index is 0.373. The number of nitrogens with zero attached hydrogens (tertiary/aromatic N) is 2. The molecule has 0 unspecified atom stereocenters. The highest BCUT2D eigenvalue weighted by atomic mass is 16.5. The molecule has 2 rings (SSSR count). The Morgan fingerprint density at radius 3 is 2.50 bits per heavy atom. The largest absolute Gasteiger partial charge is 0.497 e. The lowest BCUT2D eigenvalue weighted by atomic mass is 10.2. The number of nitrogen functional groups attached to an aromatic ring is 1. The Hall–Kier alpha value is -2.50. The molecule has 6 nitrogen and oxygen atoms in total. The SMILES string of the molecule is COc1ccc(OC)c(Nc2ccc(N)nn2)c1. The first kappa shape index (κ1) is 12.0. The van der Waals surface area contributed by atoms with Gasteiger partial charge in [0.25, 0.3) is 0 Å². The van der Waals surface area contributed by atoms with Gasteiger partial charge in [-0.1, -0.05) is 0 Å². The van der Waals surface area contributed by atoms with Crippen LogP contribution in [0.4, 0.5) is 17.3 Å². The third-order valence-electron chi connectivity index (χ3n) is 2.35. The molecule has 1 aromatic carbocycles. The average molecular weight is 246 g/mol. The van der Waals surface area contributed by atoms with E-state index >= 15 is 0 Å². The van der Waals surface area contributed by atoms with Crippen molar-refractivity contribution in [3.8, 4) is 11.5 Å². The van der Waals surface area contributed by atoms with Crippen molar-refractivity contribution < 1.29 is 9.47 Å². The fraction of sp³-hybridized carbons (Fsp3) is 0.167. The van der Waals surface area contributed by atoms with Crippen LogP contribution in [0.5, 0.6) is 11.5 Å². The van der Waals surface area contributed by atoms with Crippen molar-refractivity contribution in [2.24, 2.45) is 0 Å². The third kappa shape index (κ3) is 2.60. The summed E-state index contributed by atoms with van der Waals surface area (Å²) in [6, 6.07) is 8.85. The van der Waals surface area contributed by atoms with Crippen molar-refractivity contribution in [2.75, 3.05) is 25.3 Å². The summed E-state index contributed by atoms with van der Waals surface area (Å²) < 4.78 is 10.4. The fourth-order valence-corrected chi connectivity index (χ4v) is 1.46. The van der Waals surface area contributed by atoms with Crippen molar-refractivity contribution in [1.29, 1.82) is 0 Å². The molecule has 0 atom stereocenters. The first-order chi connectivity index (χ1) is 8.72. The normalized spacial score (nSPS) is 9.89. The molecule has 0 amide bonds. The van der Waals surface area contributed by atoms with Gasteiger partial charge in [0.2, 0.25) is 0 Å². The predicted octanol–water partition coefficient (Wildman–Crippen LogP) is 1.82. The fourth-order valence-electron chi connectivity index (χ4n) is 1.46. The minimum Gasteiger partial charge on any atom is -0.497 e. The first-order valence-electron chi connectivity index (χ1n) is 5.31. The van der Waals surface area contributed by atoms with Crippen LogP contribution in [0.25, 0.3) is 0 Å². The second-order valence-corrected chi connectivity index (χ2v) is 3.53. The van der Waals surface area contributed by atoms with E-state index in [1.165, 1.54) is 0 Å². The van der Waals surface area contributed by atoms with Gasteiger partial charge in [0.1, 0.15) is 17.3 Å². The molecular weight excluding hydrogens is 232 g/mol. The van der Waals surface area contributed by atoms with Gasteiger partial charge < -0.3 is 20.5 Å². The highest BCUT2D eigenvalue weighted by Gasteiger charge is 2.06. The molecule has 6 heteroatoms. The summed E-state index contributed by atoms with van der Waals surface area (Å²) in [5.74, 6) is 2.37. The van der Waals surface area contributed by atoms with E-state index in [0.29, 0.717) is 17.4 Å². The summed E-state index contributed by atoms with van der Waals surface area (Å²) in [6.45, 7) is 0. The second kappa shape index (κ2) is 5.22. The van der Waals surface area contributed by atoms with Gasteiger partial charge in [0, 0.05) is 6.07 Å². The van der Waals surface area contributed by atoms with Gasteiger partial charge >= 0.3 is 0 Å². The van der Waals surface area contributed by atoms with E-state index < -0.39 is 0 Å². The Morgan fingerprint density at radius 2 is 1.89 bits per heavy atom. The molecular formula is C12H14N4O2. The average Bonchev–Trinajstić information content (AvgIpc) is 2.41. The molecule has 0 aliphatic heterocycles. The summed E-state index contributed by atoms with van der Waals surface area (Å²) in [5, 5.41) is 10.8. The lowest BCUT2D eigenvalue weighted by Gasteiger charge is -2.11. The van der Waals surface area contributed by atoms with Crippen LogP contribution < -0.4 is 20.5 Å². The molecule has 3 N–H and O–H groups in total.